The molecule has 0 saturated heterocycles. The summed E-state index contributed by atoms with van der Waals surface area (Å²) in [5.41, 5.74) is 2.70. The summed E-state index contributed by atoms with van der Waals surface area (Å²) in [7, 11) is 1.76. The molecule has 1 aromatic rings. The molecule has 94 valence electrons. The summed E-state index contributed by atoms with van der Waals surface area (Å²) in [6.45, 7) is 7.72. The Balaban J connectivity index is 2.16. The van der Waals surface area contributed by atoms with Gasteiger partial charge in [-0.25, -0.2) is 0 Å². The molecule has 0 spiro atoms. The molecule has 3 atom stereocenters. The molecule has 2 heteroatoms. The molecular formula is C15H23NO. The lowest BCUT2D eigenvalue weighted by Crippen LogP contribution is -2.47. The van der Waals surface area contributed by atoms with E-state index in [2.05, 4.69) is 44.3 Å². The van der Waals surface area contributed by atoms with Crippen molar-refractivity contribution in [3.63, 3.8) is 0 Å². The van der Waals surface area contributed by atoms with Crippen LogP contribution in [0.5, 0.6) is 5.75 Å². The monoisotopic (exact) mass is 233 g/mol. The van der Waals surface area contributed by atoms with E-state index in [-0.39, 0.29) is 0 Å². The minimum atomic E-state index is 0.647. The van der Waals surface area contributed by atoms with Gasteiger partial charge in [-0.15, -0.1) is 0 Å². The van der Waals surface area contributed by atoms with Crippen LogP contribution in [-0.4, -0.2) is 19.7 Å². The summed E-state index contributed by atoms with van der Waals surface area (Å²) in [5, 5.41) is 3.54. The maximum atomic E-state index is 5.48. The molecular weight excluding hydrogens is 210 g/mol. The molecule has 0 radical (unpaired) electrons. The van der Waals surface area contributed by atoms with Gasteiger partial charge in [0, 0.05) is 6.04 Å². The fraction of sp³-hybridized carbons (Fsp3) is 0.600. The van der Waals surface area contributed by atoms with E-state index in [0.717, 1.165) is 12.3 Å². The molecule has 17 heavy (non-hydrogen) atoms. The van der Waals surface area contributed by atoms with Gasteiger partial charge >= 0.3 is 0 Å². The van der Waals surface area contributed by atoms with Crippen molar-refractivity contribution < 1.29 is 4.74 Å². The Hall–Kier alpha value is -1.02. The molecule has 1 aliphatic carbocycles. The van der Waals surface area contributed by atoms with Crippen LogP contribution >= 0.6 is 0 Å². The average Bonchev–Trinajstić information content (AvgIpc) is 2.33. The van der Waals surface area contributed by atoms with Crippen LogP contribution in [0.4, 0.5) is 0 Å². The van der Waals surface area contributed by atoms with Gasteiger partial charge in [0.05, 0.1) is 7.11 Å². The summed E-state index contributed by atoms with van der Waals surface area (Å²) in [4.78, 5) is 0. The summed E-state index contributed by atoms with van der Waals surface area (Å²) >= 11 is 0. The van der Waals surface area contributed by atoms with Crippen LogP contribution in [0.1, 0.15) is 37.3 Å². The number of benzene rings is 1. The smallest absolute Gasteiger partial charge is 0.122 e. The highest BCUT2D eigenvalue weighted by atomic mass is 16.5. The zero-order valence-corrected chi connectivity index (χ0v) is 11.3. The molecule has 1 fully saturated rings. The van der Waals surface area contributed by atoms with Crippen LogP contribution in [0, 0.1) is 12.8 Å². The molecule has 1 N–H and O–H groups in total. The third kappa shape index (κ3) is 2.32. The third-order valence-electron chi connectivity index (χ3n) is 4.03. The minimum Gasteiger partial charge on any atom is -0.496 e. The van der Waals surface area contributed by atoms with Crippen LogP contribution in [0.25, 0.3) is 0 Å². The van der Waals surface area contributed by atoms with Crippen molar-refractivity contribution in [2.24, 2.45) is 5.92 Å². The number of ether oxygens (including phenoxy) is 1. The summed E-state index contributed by atoms with van der Waals surface area (Å²) < 4.78 is 5.48. The normalized spacial score (nSPS) is 27.6. The molecule has 0 bridgehead atoms. The number of rotatable bonds is 4. The largest absolute Gasteiger partial charge is 0.496 e. The van der Waals surface area contributed by atoms with Crippen molar-refractivity contribution in [3.05, 3.63) is 29.3 Å². The highest BCUT2D eigenvalue weighted by Gasteiger charge is 2.39. The quantitative estimate of drug-likeness (QED) is 0.863. The zero-order chi connectivity index (χ0) is 12.4. The van der Waals surface area contributed by atoms with E-state index in [4.69, 9.17) is 4.74 Å². The van der Waals surface area contributed by atoms with Crippen molar-refractivity contribution in [1.82, 2.24) is 5.32 Å². The second kappa shape index (κ2) is 5.09. The number of methoxy groups -OCH3 is 1. The summed E-state index contributed by atoms with van der Waals surface area (Å²) in [5.74, 6) is 2.39. The van der Waals surface area contributed by atoms with Crippen LogP contribution in [0.3, 0.4) is 0 Å². The molecule has 0 aromatic heterocycles. The highest BCUT2D eigenvalue weighted by Crippen LogP contribution is 2.45. The van der Waals surface area contributed by atoms with E-state index < -0.39 is 0 Å². The van der Waals surface area contributed by atoms with Gasteiger partial charge in [0.1, 0.15) is 5.75 Å². The van der Waals surface area contributed by atoms with Crippen molar-refractivity contribution >= 4 is 0 Å². The molecule has 0 amide bonds. The van der Waals surface area contributed by atoms with Gasteiger partial charge in [-0.1, -0.05) is 31.5 Å². The second-order valence-corrected chi connectivity index (χ2v) is 5.11. The number of aryl methyl sites for hydroxylation is 1. The fourth-order valence-electron chi connectivity index (χ4n) is 2.87. The lowest BCUT2D eigenvalue weighted by Gasteiger charge is -2.44. The topological polar surface area (TPSA) is 21.3 Å². The van der Waals surface area contributed by atoms with Crippen molar-refractivity contribution in [3.8, 4) is 5.75 Å². The van der Waals surface area contributed by atoms with E-state index in [1.807, 2.05) is 0 Å². The Labute approximate surface area is 104 Å². The Morgan fingerprint density at radius 1 is 1.41 bits per heavy atom. The SMILES string of the molecule is CCNC1CC(c2cc(C)ccc2OC)C1C. The lowest BCUT2D eigenvalue weighted by molar-refractivity contribution is 0.183. The Morgan fingerprint density at radius 2 is 2.18 bits per heavy atom. The maximum Gasteiger partial charge on any atom is 0.122 e. The number of hydrogen-bond acceptors (Lipinski definition) is 2. The van der Waals surface area contributed by atoms with E-state index in [1.165, 1.54) is 17.5 Å². The maximum absolute atomic E-state index is 5.48. The van der Waals surface area contributed by atoms with Gasteiger partial charge in [0.15, 0.2) is 0 Å². The summed E-state index contributed by atoms with van der Waals surface area (Å²) in [6, 6.07) is 7.17. The van der Waals surface area contributed by atoms with E-state index in [0.29, 0.717) is 17.9 Å². The first-order valence-corrected chi connectivity index (χ1v) is 6.55. The van der Waals surface area contributed by atoms with Gasteiger partial charge < -0.3 is 10.1 Å². The Kier molecular flexibility index (Phi) is 3.72. The van der Waals surface area contributed by atoms with Gasteiger partial charge in [0.2, 0.25) is 0 Å². The number of nitrogens with one attached hydrogen (secondary N) is 1. The molecule has 1 saturated carbocycles. The van der Waals surface area contributed by atoms with Crippen LogP contribution in [-0.2, 0) is 0 Å². The predicted molar refractivity (Wildman–Crippen MR) is 71.7 cm³/mol. The molecule has 2 rings (SSSR count). The van der Waals surface area contributed by atoms with Gasteiger partial charge in [0.25, 0.3) is 0 Å². The Morgan fingerprint density at radius 3 is 2.76 bits per heavy atom. The van der Waals surface area contributed by atoms with Gasteiger partial charge in [-0.05, 0) is 43.4 Å². The standard InChI is InChI=1S/C15H23NO/c1-5-16-14-9-12(11(14)3)13-8-10(2)6-7-15(13)17-4/h6-8,11-12,14,16H,5,9H2,1-4H3. The van der Waals surface area contributed by atoms with Crippen LogP contribution in [0.2, 0.25) is 0 Å². The fourth-order valence-corrected chi connectivity index (χ4v) is 2.87. The average molecular weight is 233 g/mol. The van der Waals surface area contributed by atoms with Crippen molar-refractivity contribution in [1.29, 1.82) is 0 Å². The van der Waals surface area contributed by atoms with E-state index >= 15 is 0 Å². The van der Waals surface area contributed by atoms with Crippen LogP contribution < -0.4 is 10.1 Å². The molecule has 2 nitrogen and oxygen atoms in total. The third-order valence-corrected chi connectivity index (χ3v) is 4.03. The predicted octanol–water partition coefficient (Wildman–Crippen LogP) is 3.11. The first-order valence-electron chi connectivity index (χ1n) is 6.55. The second-order valence-electron chi connectivity index (χ2n) is 5.11. The first-order chi connectivity index (χ1) is 8.17. The van der Waals surface area contributed by atoms with E-state index in [9.17, 15) is 0 Å². The Bertz CT molecular complexity index is 389. The first kappa shape index (κ1) is 12.4. The molecule has 1 aliphatic rings. The molecule has 0 heterocycles. The lowest BCUT2D eigenvalue weighted by atomic mass is 9.66. The molecule has 3 unspecified atom stereocenters. The molecule has 0 aliphatic heterocycles. The van der Waals surface area contributed by atoms with E-state index in [1.54, 1.807) is 7.11 Å². The zero-order valence-electron chi connectivity index (χ0n) is 11.3. The minimum absolute atomic E-state index is 0.647. The van der Waals surface area contributed by atoms with Crippen LogP contribution in [0.15, 0.2) is 18.2 Å². The molecule has 1 aromatic carbocycles. The highest BCUT2D eigenvalue weighted by molar-refractivity contribution is 5.41. The van der Waals surface area contributed by atoms with Crippen molar-refractivity contribution in [2.45, 2.75) is 39.2 Å². The van der Waals surface area contributed by atoms with Gasteiger partial charge in [-0.3, -0.25) is 0 Å². The summed E-state index contributed by atoms with van der Waals surface area (Å²) in [6.07, 6.45) is 1.23. The van der Waals surface area contributed by atoms with Crippen molar-refractivity contribution in [2.75, 3.05) is 13.7 Å². The number of hydrogen-bond donors (Lipinski definition) is 1. The van der Waals surface area contributed by atoms with Gasteiger partial charge in [-0.2, -0.15) is 0 Å².